The lowest BCUT2D eigenvalue weighted by Gasteiger charge is -2.04. The third kappa shape index (κ3) is 3.30. The number of nitrogens with two attached hydrogens (primary N) is 1. The second-order valence-corrected chi connectivity index (χ2v) is 5.72. The van der Waals surface area contributed by atoms with Gasteiger partial charge in [-0.05, 0) is 29.8 Å². The van der Waals surface area contributed by atoms with E-state index in [4.69, 9.17) is 14.9 Å². The normalized spacial score (nSPS) is 10.9. The van der Waals surface area contributed by atoms with Crippen LogP contribution in [-0.2, 0) is 6.54 Å². The molecule has 4 aromatic rings. The average Bonchev–Trinajstić information content (AvgIpc) is 3.35. The molecule has 1 amide bonds. The van der Waals surface area contributed by atoms with Crippen LogP contribution in [-0.4, -0.2) is 33.0 Å². The van der Waals surface area contributed by atoms with Gasteiger partial charge in [-0.1, -0.05) is 12.1 Å². The van der Waals surface area contributed by atoms with Gasteiger partial charge in [0, 0.05) is 6.54 Å². The SMILES string of the molecule is COc1ccc(CNC(=O)c2nc3nc(N)nc(-c4ccco4)c3[nH]2)cc1. The van der Waals surface area contributed by atoms with Gasteiger partial charge in [-0.25, -0.2) is 9.97 Å². The molecule has 0 spiro atoms. The van der Waals surface area contributed by atoms with E-state index in [9.17, 15) is 4.79 Å². The third-order valence-electron chi connectivity index (χ3n) is 3.95. The van der Waals surface area contributed by atoms with E-state index in [1.807, 2.05) is 24.3 Å². The Hall–Kier alpha value is -3.88. The number of benzene rings is 1. The summed E-state index contributed by atoms with van der Waals surface area (Å²) in [5.74, 6) is 1.05. The van der Waals surface area contributed by atoms with Crippen molar-refractivity contribution in [1.82, 2.24) is 25.3 Å². The van der Waals surface area contributed by atoms with E-state index < -0.39 is 0 Å². The molecule has 0 radical (unpaired) electrons. The highest BCUT2D eigenvalue weighted by Gasteiger charge is 2.18. The van der Waals surface area contributed by atoms with Crippen LogP contribution in [0.2, 0.25) is 0 Å². The molecule has 4 N–H and O–H groups in total. The smallest absolute Gasteiger partial charge is 0.287 e. The number of nitrogen functional groups attached to an aromatic ring is 1. The van der Waals surface area contributed by atoms with Crippen molar-refractivity contribution in [2.45, 2.75) is 6.54 Å². The standard InChI is InChI=1S/C18H16N6O3/c1-26-11-6-4-10(5-7-11)9-20-17(25)16-21-14-13(12-3-2-8-27-12)22-18(19)24-15(14)23-16/h2-8H,9H2,1H3,(H,20,25)(H3,19,21,22,23,24). The van der Waals surface area contributed by atoms with E-state index in [1.165, 1.54) is 6.26 Å². The molecule has 3 aromatic heterocycles. The summed E-state index contributed by atoms with van der Waals surface area (Å²) in [5.41, 5.74) is 7.90. The molecule has 0 atom stereocenters. The number of hydrogen-bond donors (Lipinski definition) is 3. The minimum absolute atomic E-state index is 0.0468. The Kier molecular flexibility index (Phi) is 4.17. The Balaban J connectivity index is 1.58. The summed E-state index contributed by atoms with van der Waals surface area (Å²) in [7, 11) is 1.60. The number of ether oxygens (including phenoxy) is 1. The number of amides is 1. The number of rotatable bonds is 5. The van der Waals surface area contributed by atoms with Crippen molar-refractivity contribution in [3.8, 4) is 17.2 Å². The molecule has 0 unspecified atom stereocenters. The lowest BCUT2D eigenvalue weighted by molar-refractivity contribution is 0.0942. The van der Waals surface area contributed by atoms with Crippen LogP contribution in [0.1, 0.15) is 16.2 Å². The number of carbonyl (C=O) groups excluding carboxylic acids is 1. The molecule has 0 aliphatic heterocycles. The first-order valence-electron chi connectivity index (χ1n) is 8.12. The number of hydrogen-bond acceptors (Lipinski definition) is 7. The van der Waals surface area contributed by atoms with E-state index in [0.29, 0.717) is 29.2 Å². The maximum atomic E-state index is 12.5. The maximum Gasteiger partial charge on any atom is 0.287 e. The number of aromatic nitrogens is 4. The minimum atomic E-state index is -0.368. The summed E-state index contributed by atoms with van der Waals surface area (Å²) in [6, 6.07) is 10.9. The van der Waals surface area contributed by atoms with E-state index in [2.05, 4.69) is 25.3 Å². The number of nitrogens with zero attached hydrogens (tertiary/aromatic N) is 3. The Bertz CT molecular complexity index is 1090. The molecular weight excluding hydrogens is 348 g/mol. The van der Waals surface area contributed by atoms with Crippen LogP contribution in [0.15, 0.2) is 47.1 Å². The van der Waals surface area contributed by atoms with Gasteiger partial charge >= 0.3 is 0 Å². The molecule has 1 aromatic carbocycles. The van der Waals surface area contributed by atoms with Crippen molar-refractivity contribution < 1.29 is 13.9 Å². The molecule has 136 valence electrons. The zero-order valence-electron chi connectivity index (χ0n) is 14.4. The second-order valence-electron chi connectivity index (χ2n) is 5.72. The Morgan fingerprint density at radius 1 is 1.22 bits per heavy atom. The Morgan fingerprint density at radius 2 is 2.04 bits per heavy atom. The van der Waals surface area contributed by atoms with Crippen molar-refractivity contribution in [1.29, 1.82) is 0 Å². The van der Waals surface area contributed by atoms with Crippen LogP contribution < -0.4 is 15.8 Å². The van der Waals surface area contributed by atoms with Gasteiger partial charge in [-0.2, -0.15) is 4.98 Å². The number of carbonyl (C=O) groups is 1. The molecule has 9 nitrogen and oxygen atoms in total. The quantitative estimate of drug-likeness (QED) is 0.494. The first-order chi connectivity index (χ1) is 13.1. The van der Waals surface area contributed by atoms with Gasteiger partial charge in [0.2, 0.25) is 5.95 Å². The van der Waals surface area contributed by atoms with Crippen LogP contribution >= 0.6 is 0 Å². The third-order valence-corrected chi connectivity index (χ3v) is 3.95. The highest BCUT2D eigenvalue weighted by atomic mass is 16.5. The monoisotopic (exact) mass is 364 g/mol. The van der Waals surface area contributed by atoms with E-state index >= 15 is 0 Å². The lowest BCUT2D eigenvalue weighted by Crippen LogP contribution is -2.23. The van der Waals surface area contributed by atoms with E-state index in [0.717, 1.165) is 11.3 Å². The summed E-state index contributed by atoms with van der Waals surface area (Å²) in [6.45, 7) is 0.346. The van der Waals surface area contributed by atoms with Crippen molar-refractivity contribution >= 4 is 23.0 Å². The summed E-state index contributed by atoms with van der Waals surface area (Å²) in [6.07, 6.45) is 1.53. The van der Waals surface area contributed by atoms with Crippen LogP contribution in [0.5, 0.6) is 5.75 Å². The highest BCUT2D eigenvalue weighted by molar-refractivity contribution is 5.96. The molecule has 0 bridgehead atoms. The molecule has 27 heavy (non-hydrogen) atoms. The van der Waals surface area contributed by atoms with Gasteiger partial charge in [0.25, 0.3) is 5.91 Å². The maximum absolute atomic E-state index is 12.5. The molecule has 0 saturated heterocycles. The number of nitrogens with one attached hydrogen (secondary N) is 2. The first-order valence-corrected chi connectivity index (χ1v) is 8.12. The summed E-state index contributed by atoms with van der Waals surface area (Å²) < 4.78 is 10.5. The lowest BCUT2D eigenvalue weighted by atomic mass is 10.2. The molecular formula is C18H16N6O3. The molecule has 0 saturated carbocycles. The zero-order valence-corrected chi connectivity index (χ0v) is 14.4. The Labute approximate surface area is 153 Å². The molecule has 4 rings (SSSR count). The largest absolute Gasteiger partial charge is 0.497 e. The number of furan rings is 1. The number of anilines is 1. The van der Waals surface area contributed by atoms with Gasteiger partial charge in [0.1, 0.15) is 17.0 Å². The fourth-order valence-corrected chi connectivity index (χ4v) is 2.62. The van der Waals surface area contributed by atoms with Crippen molar-refractivity contribution in [3.63, 3.8) is 0 Å². The summed E-state index contributed by atoms with van der Waals surface area (Å²) in [4.78, 5) is 27.9. The summed E-state index contributed by atoms with van der Waals surface area (Å²) >= 11 is 0. The molecule has 9 heteroatoms. The first kappa shape index (κ1) is 16.6. The fraction of sp³-hybridized carbons (Fsp3) is 0.111. The van der Waals surface area contributed by atoms with Crippen molar-refractivity contribution in [2.24, 2.45) is 0 Å². The van der Waals surface area contributed by atoms with Crippen molar-refractivity contribution in [2.75, 3.05) is 12.8 Å². The number of imidazole rings is 1. The number of aromatic amines is 1. The second kappa shape index (κ2) is 6.79. The highest BCUT2D eigenvalue weighted by Crippen LogP contribution is 2.25. The predicted octanol–water partition coefficient (Wildman–Crippen LogP) is 2.13. The average molecular weight is 364 g/mol. The number of methoxy groups -OCH3 is 1. The van der Waals surface area contributed by atoms with Gasteiger partial charge in [0.05, 0.1) is 13.4 Å². The van der Waals surface area contributed by atoms with Gasteiger partial charge < -0.3 is 25.2 Å². The van der Waals surface area contributed by atoms with Gasteiger partial charge in [0.15, 0.2) is 17.2 Å². The van der Waals surface area contributed by atoms with E-state index in [-0.39, 0.29) is 17.7 Å². The Morgan fingerprint density at radius 3 is 2.74 bits per heavy atom. The van der Waals surface area contributed by atoms with Crippen LogP contribution in [0.4, 0.5) is 5.95 Å². The summed E-state index contributed by atoms with van der Waals surface area (Å²) in [5, 5.41) is 2.81. The number of fused-ring (bicyclic) bond motifs is 1. The zero-order chi connectivity index (χ0) is 18.8. The van der Waals surface area contributed by atoms with E-state index in [1.54, 1.807) is 19.2 Å². The van der Waals surface area contributed by atoms with Gasteiger partial charge in [-0.15, -0.1) is 0 Å². The predicted molar refractivity (Wildman–Crippen MR) is 98.0 cm³/mol. The molecule has 3 heterocycles. The molecule has 0 fully saturated rings. The van der Waals surface area contributed by atoms with Crippen LogP contribution in [0.25, 0.3) is 22.6 Å². The van der Waals surface area contributed by atoms with Crippen LogP contribution in [0.3, 0.4) is 0 Å². The molecule has 0 aliphatic rings. The van der Waals surface area contributed by atoms with Gasteiger partial charge in [-0.3, -0.25) is 4.79 Å². The topological polar surface area (TPSA) is 132 Å². The van der Waals surface area contributed by atoms with Crippen molar-refractivity contribution in [3.05, 3.63) is 54.0 Å². The minimum Gasteiger partial charge on any atom is -0.497 e. The van der Waals surface area contributed by atoms with Crippen LogP contribution in [0, 0.1) is 0 Å². The fourth-order valence-electron chi connectivity index (χ4n) is 2.62. The molecule has 0 aliphatic carbocycles. The number of H-pyrrole nitrogens is 1.